The third-order valence-electron chi connectivity index (χ3n) is 1.83. The summed E-state index contributed by atoms with van der Waals surface area (Å²) in [5.41, 5.74) is 7.05. The van der Waals surface area contributed by atoms with Gasteiger partial charge in [0, 0.05) is 24.5 Å². The second kappa shape index (κ2) is 4.44. The average Bonchev–Trinajstić information content (AvgIpc) is 2.48. The molecule has 0 amide bonds. The second-order valence-electron chi connectivity index (χ2n) is 4.13. The van der Waals surface area contributed by atoms with Crippen molar-refractivity contribution in [2.24, 2.45) is 5.73 Å². The van der Waals surface area contributed by atoms with Gasteiger partial charge in [-0.15, -0.1) is 0 Å². The largest absolute Gasteiger partial charge is 0.367 e. The number of aromatic amines is 1. The standard InChI is InChI=1S/C10H19N3/c1-10(2,11)8-13-6-4-9-3-5-12-7-9/h3,5,7,12-13H,4,6,8,11H2,1-2H3. The van der Waals surface area contributed by atoms with Crippen molar-refractivity contribution in [2.45, 2.75) is 25.8 Å². The summed E-state index contributed by atoms with van der Waals surface area (Å²) in [7, 11) is 0. The summed E-state index contributed by atoms with van der Waals surface area (Å²) in [6.07, 6.45) is 5.02. The summed E-state index contributed by atoms with van der Waals surface area (Å²) in [6, 6.07) is 2.09. The summed E-state index contributed by atoms with van der Waals surface area (Å²) in [5.74, 6) is 0. The molecule has 4 N–H and O–H groups in total. The molecular weight excluding hydrogens is 162 g/mol. The van der Waals surface area contributed by atoms with Crippen LogP contribution in [0.2, 0.25) is 0 Å². The topological polar surface area (TPSA) is 53.8 Å². The van der Waals surface area contributed by atoms with Crippen molar-refractivity contribution in [1.82, 2.24) is 10.3 Å². The van der Waals surface area contributed by atoms with Crippen molar-refractivity contribution in [3.8, 4) is 0 Å². The van der Waals surface area contributed by atoms with Crippen molar-refractivity contribution in [2.75, 3.05) is 13.1 Å². The second-order valence-corrected chi connectivity index (χ2v) is 4.13. The van der Waals surface area contributed by atoms with Crippen LogP contribution in [0.4, 0.5) is 0 Å². The van der Waals surface area contributed by atoms with Crippen LogP contribution in [0, 0.1) is 0 Å². The van der Waals surface area contributed by atoms with Crippen LogP contribution in [-0.2, 0) is 6.42 Å². The molecule has 0 atom stereocenters. The third kappa shape index (κ3) is 4.70. The number of aromatic nitrogens is 1. The Hall–Kier alpha value is -0.800. The molecule has 0 spiro atoms. The van der Waals surface area contributed by atoms with Gasteiger partial charge in [0.25, 0.3) is 0 Å². The minimum absolute atomic E-state index is 0.113. The predicted octanol–water partition coefficient (Wildman–Crippen LogP) is 0.884. The molecule has 1 aromatic heterocycles. The monoisotopic (exact) mass is 181 g/mol. The minimum Gasteiger partial charge on any atom is -0.367 e. The molecule has 0 radical (unpaired) electrons. The Balaban J connectivity index is 2.09. The van der Waals surface area contributed by atoms with Crippen molar-refractivity contribution >= 4 is 0 Å². The first kappa shape index (κ1) is 10.3. The molecule has 13 heavy (non-hydrogen) atoms. The summed E-state index contributed by atoms with van der Waals surface area (Å²) in [4.78, 5) is 3.03. The lowest BCUT2D eigenvalue weighted by Crippen LogP contribution is -2.43. The fourth-order valence-corrected chi connectivity index (χ4v) is 1.16. The zero-order valence-electron chi connectivity index (χ0n) is 8.43. The number of H-pyrrole nitrogens is 1. The van der Waals surface area contributed by atoms with Gasteiger partial charge in [0.05, 0.1) is 0 Å². The quantitative estimate of drug-likeness (QED) is 0.591. The Kier molecular flexibility index (Phi) is 3.51. The van der Waals surface area contributed by atoms with Gasteiger partial charge in [0.15, 0.2) is 0 Å². The van der Waals surface area contributed by atoms with Gasteiger partial charge in [-0.25, -0.2) is 0 Å². The van der Waals surface area contributed by atoms with Crippen molar-refractivity contribution in [3.63, 3.8) is 0 Å². The van der Waals surface area contributed by atoms with E-state index in [0.717, 1.165) is 19.5 Å². The zero-order valence-corrected chi connectivity index (χ0v) is 8.43. The molecule has 0 aromatic carbocycles. The van der Waals surface area contributed by atoms with Crippen LogP contribution in [0.5, 0.6) is 0 Å². The van der Waals surface area contributed by atoms with Crippen molar-refractivity contribution in [3.05, 3.63) is 24.0 Å². The van der Waals surface area contributed by atoms with Crippen LogP contribution in [0.1, 0.15) is 19.4 Å². The molecule has 1 rings (SSSR count). The summed E-state index contributed by atoms with van der Waals surface area (Å²) in [6.45, 7) is 5.89. The third-order valence-corrected chi connectivity index (χ3v) is 1.83. The first-order chi connectivity index (χ1) is 6.08. The SMILES string of the molecule is CC(C)(N)CNCCc1cc[nH]c1. The number of hydrogen-bond donors (Lipinski definition) is 3. The van der Waals surface area contributed by atoms with Crippen LogP contribution in [-0.4, -0.2) is 23.6 Å². The molecule has 0 saturated carbocycles. The lowest BCUT2D eigenvalue weighted by molar-refractivity contribution is 0.469. The Morgan fingerprint density at radius 2 is 2.31 bits per heavy atom. The van der Waals surface area contributed by atoms with E-state index in [1.54, 1.807) is 0 Å². The van der Waals surface area contributed by atoms with Gasteiger partial charge in [-0.05, 0) is 38.4 Å². The summed E-state index contributed by atoms with van der Waals surface area (Å²) < 4.78 is 0. The first-order valence-electron chi connectivity index (χ1n) is 4.69. The number of rotatable bonds is 5. The number of nitrogens with two attached hydrogens (primary N) is 1. The van der Waals surface area contributed by atoms with E-state index in [9.17, 15) is 0 Å². The highest BCUT2D eigenvalue weighted by Crippen LogP contribution is 1.97. The molecular formula is C10H19N3. The molecule has 0 aliphatic rings. The van der Waals surface area contributed by atoms with E-state index < -0.39 is 0 Å². The van der Waals surface area contributed by atoms with Gasteiger partial charge in [-0.2, -0.15) is 0 Å². The Bertz CT molecular complexity index is 221. The Morgan fingerprint density at radius 1 is 1.54 bits per heavy atom. The Morgan fingerprint density at radius 3 is 2.85 bits per heavy atom. The number of hydrogen-bond acceptors (Lipinski definition) is 2. The average molecular weight is 181 g/mol. The summed E-state index contributed by atoms with van der Waals surface area (Å²) in [5, 5.41) is 3.32. The molecule has 74 valence electrons. The molecule has 0 bridgehead atoms. The molecule has 1 heterocycles. The molecule has 1 aromatic rings. The van der Waals surface area contributed by atoms with Crippen LogP contribution in [0.15, 0.2) is 18.5 Å². The number of nitrogens with one attached hydrogen (secondary N) is 2. The zero-order chi connectivity index (χ0) is 9.73. The Labute approximate surface area is 79.7 Å². The summed E-state index contributed by atoms with van der Waals surface area (Å²) >= 11 is 0. The van der Waals surface area contributed by atoms with E-state index in [-0.39, 0.29) is 5.54 Å². The predicted molar refractivity (Wildman–Crippen MR) is 55.6 cm³/mol. The highest BCUT2D eigenvalue weighted by atomic mass is 14.9. The highest BCUT2D eigenvalue weighted by Gasteiger charge is 2.08. The molecule has 0 saturated heterocycles. The van der Waals surface area contributed by atoms with E-state index in [0.29, 0.717) is 0 Å². The molecule has 3 nitrogen and oxygen atoms in total. The normalized spacial score (nSPS) is 11.9. The van der Waals surface area contributed by atoms with Crippen LogP contribution < -0.4 is 11.1 Å². The van der Waals surface area contributed by atoms with Crippen molar-refractivity contribution in [1.29, 1.82) is 0 Å². The maximum Gasteiger partial charge on any atom is 0.0223 e. The minimum atomic E-state index is -0.113. The van der Waals surface area contributed by atoms with Crippen LogP contribution >= 0.6 is 0 Å². The molecule has 3 heteroatoms. The highest BCUT2D eigenvalue weighted by molar-refractivity contribution is 5.08. The fourth-order valence-electron chi connectivity index (χ4n) is 1.16. The van der Waals surface area contributed by atoms with Gasteiger partial charge in [-0.1, -0.05) is 0 Å². The van der Waals surface area contributed by atoms with Crippen molar-refractivity contribution < 1.29 is 0 Å². The van der Waals surface area contributed by atoms with Gasteiger partial charge < -0.3 is 16.0 Å². The van der Waals surface area contributed by atoms with Gasteiger partial charge in [-0.3, -0.25) is 0 Å². The van der Waals surface area contributed by atoms with E-state index in [1.165, 1.54) is 5.56 Å². The lowest BCUT2D eigenvalue weighted by Gasteiger charge is -2.18. The maximum absolute atomic E-state index is 5.83. The first-order valence-corrected chi connectivity index (χ1v) is 4.69. The van der Waals surface area contributed by atoms with Crippen LogP contribution in [0.25, 0.3) is 0 Å². The van der Waals surface area contributed by atoms with Crippen LogP contribution in [0.3, 0.4) is 0 Å². The van der Waals surface area contributed by atoms with Gasteiger partial charge in [0.1, 0.15) is 0 Å². The molecule has 0 aliphatic carbocycles. The molecule has 0 unspecified atom stereocenters. The van der Waals surface area contributed by atoms with Gasteiger partial charge in [0.2, 0.25) is 0 Å². The lowest BCUT2D eigenvalue weighted by atomic mass is 10.1. The molecule has 0 fully saturated rings. The maximum atomic E-state index is 5.83. The van der Waals surface area contributed by atoms with E-state index in [4.69, 9.17) is 5.73 Å². The molecule has 0 aliphatic heterocycles. The van der Waals surface area contributed by atoms with Gasteiger partial charge >= 0.3 is 0 Å². The fraction of sp³-hybridized carbons (Fsp3) is 0.600. The van der Waals surface area contributed by atoms with E-state index in [2.05, 4.69) is 16.4 Å². The van der Waals surface area contributed by atoms with E-state index >= 15 is 0 Å². The van der Waals surface area contributed by atoms with E-state index in [1.807, 2.05) is 26.2 Å². The smallest absolute Gasteiger partial charge is 0.0223 e.